The molecule has 2 heterocycles. The highest BCUT2D eigenvalue weighted by atomic mass is 16.5. The van der Waals surface area contributed by atoms with Gasteiger partial charge in [-0.15, -0.1) is 0 Å². The van der Waals surface area contributed by atoms with Gasteiger partial charge in [0.05, 0.1) is 7.11 Å². The Kier molecular flexibility index (Phi) is 2.12. The zero-order valence-corrected chi connectivity index (χ0v) is 9.39. The molecule has 1 aliphatic heterocycles. The average Bonchev–Trinajstić information content (AvgIpc) is 2.90. The van der Waals surface area contributed by atoms with Crippen LogP contribution >= 0.6 is 0 Å². The fourth-order valence-corrected chi connectivity index (χ4v) is 2.96. The van der Waals surface area contributed by atoms with Gasteiger partial charge < -0.3 is 15.4 Å². The molecule has 3 rings (SSSR count). The first-order valence-electron chi connectivity index (χ1n) is 5.70. The van der Waals surface area contributed by atoms with Crippen molar-refractivity contribution < 1.29 is 4.74 Å². The number of anilines is 2. The third kappa shape index (κ3) is 1.31. The van der Waals surface area contributed by atoms with E-state index in [9.17, 15) is 0 Å². The normalized spacial score (nSPS) is 27.4. The maximum absolute atomic E-state index is 5.79. The Labute approximate surface area is 94.6 Å². The van der Waals surface area contributed by atoms with Gasteiger partial charge in [0.15, 0.2) is 11.6 Å². The van der Waals surface area contributed by atoms with Crippen molar-refractivity contribution in [3.8, 4) is 5.75 Å². The van der Waals surface area contributed by atoms with Crippen LogP contribution in [0.25, 0.3) is 0 Å². The number of aromatic nitrogens is 2. The van der Waals surface area contributed by atoms with Crippen LogP contribution in [0.4, 0.5) is 11.6 Å². The van der Waals surface area contributed by atoms with E-state index in [2.05, 4.69) is 14.9 Å². The van der Waals surface area contributed by atoms with E-state index in [0.717, 1.165) is 18.3 Å². The highest BCUT2D eigenvalue weighted by Gasteiger charge is 2.39. The van der Waals surface area contributed by atoms with Gasteiger partial charge in [0.25, 0.3) is 0 Å². The zero-order valence-electron chi connectivity index (χ0n) is 9.39. The molecule has 2 N–H and O–H groups in total. The molecule has 0 amide bonds. The van der Waals surface area contributed by atoms with Crippen LogP contribution in [-0.4, -0.2) is 29.7 Å². The number of nitrogens with zero attached hydrogens (tertiary/aromatic N) is 3. The molecular formula is C11H16N4O. The molecule has 5 heteroatoms. The molecule has 1 aromatic heterocycles. The number of hydrogen-bond acceptors (Lipinski definition) is 5. The van der Waals surface area contributed by atoms with Crippen LogP contribution in [-0.2, 0) is 0 Å². The summed E-state index contributed by atoms with van der Waals surface area (Å²) < 4.78 is 5.30. The molecule has 0 radical (unpaired) electrons. The van der Waals surface area contributed by atoms with E-state index >= 15 is 0 Å². The number of fused-ring (bicyclic) bond motifs is 2. The fourth-order valence-electron chi connectivity index (χ4n) is 2.96. The predicted octanol–water partition coefficient (Wildman–Crippen LogP) is 1.06. The van der Waals surface area contributed by atoms with E-state index in [4.69, 9.17) is 10.5 Å². The van der Waals surface area contributed by atoms with Gasteiger partial charge in [-0.2, -0.15) is 0 Å². The lowest BCUT2D eigenvalue weighted by molar-refractivity contribution is 0.410. The minimum Gasteiger partial charge on any atom is -0.490 e. The number of hydrogen-bond donors (Lipinski definition) is 1. The number of methoxy groups -OCH3 is 1. The highest BCUT2D eigenvalue weighted by Crippen LogP contribution is 2.43. The first kappa shape index (κ1) is 9.69. The van der Waals surface area contributed by atoms with Crippen LogP contribution in [0.1, 0.15) is 19.3 Å². The molecule has 1 saturated heterocycles. The molecule has 2 atom stereocenters. The molecular weight excluding hydrogens is 204 g/mol. The third-order valence-corrected chi connectivity index (χ3v) is 3.70. The van der Waals surface area contributed by atoms with E-state index < -0.39 is 0 Å². The van der Waals surface area contributed by atoms with Crippen molar-refractivity contribution in [2.24, 2.45) is 5.92 Å². The Morgan fingerprint density at radius 1 is 1.44 bits per heavy atom. The fraction of sp³-hybridized carbons (Fsp3) is 0.636. The number of ether oxygens (including phenoxy) is 1. The first-order valence-corrected chi connectivity index (χ1v) is 5.70. The van der Waals surface area contributed by atoms with Gasteiger partial charge in [-0.05, 0) is 25.2 Å². The second-order valence-corrected chi connectivity index (χ2v) is 4.60. The summed E-state index contributed by atoms with van der Waals surface area (Å²) in [4.78, 5) is 10.6. The van der Waals surface area contributed by atoms with Gasteiger partial charge in [0, 0.05) is 12.6 Å². The molecule has 0 spiro atoms. The Morgan fingerprint density at radius 2 is 2.31 bits per heavy atom. The Morgan fingerprint density at radius 3 is 2.94 bits per heavy atom. The summed E-state index contributed by atoms with van der Waals surface area (Å²) in [5.41, 5.74) is 5.79. The molecule has 16 heavy (non-hydrogen) atoms. The van der Waals surface area contributed by atoms with Crippen molar-refractivity contribution in [3.05, 3.63) is 6.33 Å². The molecule has 2 bridgehead atoms. The summed E-state index contributed by atoms with van der Waals surface area (Å²) in [5, 5.41) is 0. The first-order chi connectivity index (χ1) is 7.79. The standard InChI is InChI=1S/C11H16N4O/c1-16-9-10(12)13-6-14-11(9)15-5-7-2-3-8(15)4-7/h6-8H,2-5H2,1H3,(H2,12,13,14). The summed E-state index contributed by atoms with van der Waals surface area (Å²) in [6.07, 6.45) is 5.41. The second-order valence-electron chi connectivity index (χ2n) is 4.60. The number of rotatable bonds is 2. The summed E-state index contributed by atoms with van der Waals surface area (Å²) >= 11 is 0. The van der Waals surface area contributed by atoms with E-state index in [1.165, 1.54) is 25.6 Å². The lowest BCUT2D eigenvalue weighted by atomic mass is 10.1. The Balaban J connectivity index is 1.97. The van der Waals surface area contributed by atoms with Gasteiger partial charge in [-0.25, -0.2) is 9.97 Å². The largest absolute Gasteiger partial charge is 0.490 e. The zero-order chi connectivity index (χ0) is 11.1. The molecule has 1 aliphatic carbocycles. The minimum atomic E-state index is 0.426. The summed E-state index contributed by atoms with van der Waals surface area (Å²) in [6.45, 7) is 1.08. The quantitative estimate of drug-likeness (QED) is 0.807. The smallest absolute Gasteiger partial charge is 0.204 e. The van der Waals surface area contributed by atoms with E-state index in [1.807, 2.05) is 0 Å². The van der Waals surface area contributed by atoms with Crippen molar-refractivity contribution in [2.45, 2.75) is 25.3 Å². The number of piperidine rings is 1. The van der Waals surface area contributed by atoms with Gasteiger partial charge in [-0.1, -0.05) is 0 Å². The molecule has 86 valence electrons. The number of nitrogen functional groups attached to an aromatic ring is 1. The summed E-state index contributed by atoms with van der Waals surface area (Å²) in [5.74, 6) is 2.73. The molecule has 2 fully saturated rings. The Bertz CT molecular complexity index is 409. The maximum atomic E-state index is 5.79. The Hall–Kier alpha value is -1.52. The van der Waals surface area contributed by atoms with Crippen molar-refractivity contribution in [1.29, 1.82) is 0 Å². The van der Waals surface area contributed by atoms with Crippen LogP contribution in [0, 0.1) is 5.92 Å². The van der Waals surface area contributed by atoms with Crippen molar-refractivity contribution in [2.75, 3.05) is 24.3 Å². The second kappa shape index (κ2) is 3.50. The van der Waals surface area contributed by atoms with E-state index in [1.54, 1.807) is 7.11 Å². The average molecular weight is 220 g/mol. The third-order valence-electron chi connectivity index (χ3n) is 3.70. The van der Waals surface area contributed by atoms with Gasteiger partial charge in [0.1, 0.15) is 6.33 Å². The van der Waals surface area contributed by atoms with E-state index in [0.29, 0.717) is 17.6 Å². The van der Waals surface area contributed by atoms with Gasteiger partial charge in [-0.3, -0.25) is 0 Å². The van der Waals surface area contributed by atoms with Crippen LogP contribution in [0.3, 0.4) is 0 Å². The molecule has 2 unspecified atom stereocenters. The van der Waals surface area contributed by atoms with Crippen LogP contribution in [0.5, 0.6) is 5.75 Å². The lowest BCUT2D eigenvalue weighted by Crippen LogP contribution is -2.33. The minimum absolute atomic E-state index is 0.426. The van der Waals surface area contributed by atoms with Crippen molar-refractivity contribution in [3.63, 3.8) is 0 Å². The molecule has 1 saturated carbocycles. The molecule has 5 nitrogen and oxygen atoms in total. The van der Waals surface area contributed by atoms with Gasteiger partial charge in [0.2, 0.25) is 5.75 Å². The molecule has 0 aromatic carbocycles. The van der Waals surface area contributed by atoms with Gasteiger partial charge >= 0.3 is 0 Å². The predicted molar refractivity (Wildman–Crippen MR) is 61.5 cm³/mol. The SMILES string of the molecule is COc1c(N)ncnc1N1CC2CCC1C2. The summed E-state index contributed by atoms with van der Waals surface area (Å²) in [6, 6.07) is 0.619. The highest BCUT2D eigenvalue weighted by molar-refractivity contribution is 5.63. The van der Waals surface area contributed by atoms with Crippen molar-refractivity contribution >= 4 is 11.6 Å². The summed E-state index contributed by atoms with van der Waals surface area (Å²) in [7, 11) is 1.62. The van der Waals surface area contributed by atoms with Crippen LogP contribution in [0.15, 0.2) is 6.33 Å². The molecule has 1 aromatic rings. The van der Waals surface area contributed by atoms with Crippen LogP contribution in [0.2, 0.25) is 0 Å². The number of nitrogens with two attached hydrogens (primary N) is 1. The topological polar surface area (TPSA) is 64.3 Å². The van der Waals surface area contributed by atoms with E-state index in [-0.39, 0.29) is 0 Å². The maximum Gasteiger partial charge on any atom is 0.204 e. The lowest BCUT2D eigenvalue weighted by Gasteiger charge is -2.29. The van der Waals surface area contributed by atoms with Crippen molar-refractivity contribution in [1.82, 2.24) is 9.97 Å². The van der Waals surface area contributed by atoms with Crippen LogP contribution < -0.4 is 15.4 Å². The monoisotopic (exact) mass is 220 g/mol. The molecule has 2 aliphatic rings.